The maximum Gasteiger partial charge on any atom is 0.414 e. The van der Waals surface area contributed by atoms with Gasteiger partial charge in [-0.1, -0.05) is 24.3 Å². The fourth-order valence-electron chi connectivity index (χ4n) is 3.80. The Bertz CT molecular complexity index is 1060. The molecular weight excluding hydrogens is 436 g/mol. The van der Waals surface area contributed by atoms with Gasteiger partial charge < -0.3 is 19.7 Å². The van der Waals surface area contributed by atoms with Crippen LogP contribution in [0, 0.1) is 5.82 Å². The third-order valence-electron chi connectivity index (χ3n) is 5.48. The highest BCUT2D eigenvalue weighted by Gasteiger charge is 2.33. The summed E-state index contributed by atoms with van der Waals surface area (Å²) < 4.78 is 37.7. The molecule has 33 heavy (non-hydrogen) atoms. The van der Waals surface area contributed by atoms with Crippen LogP contribution in [0.25, 0.3) is 11.1 Å². The molecule has 3 amide bonds. The van der Waals surface area contributed by atoms with Gasteiger partial charge in [-0.15, -0.1) is 0 Å². The van der Waals surface area contributed by atoms with Crippen LogP contribution in [0.2, 0.25) is 0 Å². The predicted molar refractivity (Wildman–Crippen MR) is 115 cm³/mol. The van der Waals surface area contributed by atoms with E-state index in [0.717, 1.165) is 5.56 Å². The molecule has 2 fully saturated rings. The van der Waals surface area contributed by atoms with Gasteiger partial charge in [-0.3, -0.25) is 9.69 Å². The van der Waals surface area contributed by atoms with Gasteiger partial charge in [0.2, 0.25) is 5.91 Å². The van der Waals surface area contributed by atoms with Gasteiger partial charge in [0.1, 0.15) is 24.7 Å². The van der Waals surface area contributed by atoms with E-state index in [0.29, 0.717) is 16.8 Å². The van der Waals surface area contributed by atoms with E-state index < -0.39 is 36.9 Å². The van der Waals surface area contributed by atoms with Crippen molar-refractivity contribution in [3.8, 4) is 11.1 Å². The second-order valence-corrected chi connectivity index (χ2v) is 7.96. The predicted octanol–water partition coefficient (Wildman–Crippen LogP) is 3.24. The number of benzene rings is 2. The minimum absolute atomic E-state index is 0.189. The summed E-state index contributed by atoms with van der Waals surface area (Å²) in [4.78, 5) is 37.7. The van der Waals surface area contributed by atoms with Gasteiger partial charge in [-0.2, -0.15) is 0 Å². The van der Waals surface area contributed by atoms with Crippen molar-refractivity contribution >= 4 is 23.8 Å². The number of anilines is 1. The number of nitrogens with zero attached hydrogens (tertiary/aromatic N) is 2. The smallest absolute Gasteiger partial charge is 0.414 e. The van der Waals surface area contributed by atoms with Gasteiger partial charge in [0.25, 0.3) is 0 Å². The Kier molecular flexibility index (Phi) is 6.43. The van der Waals surface area contributed by atoms with Crippen molar-refractivity contribution in [3.63, 3.8) is 0 Å². The van der Waals surface area contributed by atoms with Crippen LogP contribution in [-0.4, -0.2) is 61.5 Å². The van der Waals surface area contributed by atoms with Crippen molar-refractivity contribution in [1.82, 2.24) is 10.2 Å². The molecule has 0 aromatic heterocycles. The molecule has 2 saturated heterocycles. The molecule has 8 nitrogen and oxygen atoms in total. The maximum absolute atomic E-state index is 14.9. The average Bonchev–Trinajstić information content (AvgIpc) is 3.34. The third-order valence-corrected chi connectivity index (χ3v) is 5.48. The fourth-order valence-corrected chi connectivity index (χ4v) is 3.80. The van der Waals surface area contributed by atoms with Crippen LogP contribution in [0.15, 0.2) is 42.5 Å². The number of alkyl halides is 1. The number of amides is 3. The van der Waals surface area contributed by atoms with E-state index in [1.807, 2.05) is 0 Å². The number of ether oxygens (including phenoxy) is 2. The van der Waals surface area contributed by atoms with Gasteiger partial charge in [-0.05, 0) is 29.3 Å². The number of carbonyl (C=O) groups excluding carboxylic acids is 3. The molecule has 0 radical (unpaired) electrons. The molecule has 10 heteroatoms. The zero-order valence-electron chi connectivity index (χ0n) is 17.9. The third kappa shape index (κ3) is 5.05. The van der Waals surface area contributed by atoms with Crippen molar-refractivity contribution in [2.24, 2.45) is 0 Å². The minimum atomic E-state index is -0.738. The molecule has 1 N–H and O–H groups in total. The number of carbonyl (C=O) groups is 3. The highest BCUT2D eigenvalue weighted by Crippen LogP contribution is 2.29. The Morgan fingerprint density at radius 2 is 1.79 bits per heavy atom. The van der Waals surface area contributed by atoms with E-state index in [4.69, 9.17) is 9.47 Å². The van der Waals surface area contributed by atoms with Crippen LogP contribution in [0.1, 0.15) is 12.5 Å². The number of nitrogens with one attached hydrogen (secondary N) is 1. The van der Waals surface area contributed by atoms with Crippen LogP contribution >= 0.6 is 0 Å². The SMILES string of the molecule is CC(=O)NC[C@H]1CN(c2ccc(-c3ccc(CN4C[C@@H](CF)OC4=O)cc3)c(F)c2)C(=O)O1. The Hall–Kier alpha value is -3.69. The van der Waals surface area contributed by atoms with Crippen molar-refractivity contribution in [3.05, 3.63) is 53.8 Å². The van der Waals surface area contributed by atoms with Crippen molar-refractivity contribution in [1.29, 1.82) is 0 Å². The van der Waals surface area contributed by atoms with Gasteiger partial charge in [0.15, 0.2) is 0 Å². The topological polar surface area (TPSA) is 88.2 Å². The summed E-state index contributed by atoms with van der Waals surface area (Å²) >= 11 is 0. The van der Waals surface area contributed by atoms with Crippen LogP contribution in [0.5, 0.6) is 0 Å². The van der Waals surface area contributed by atoms with E-state index >= 15 is 0 Å². The highest BCUT2D eigenvalue weighted by atomic mass is 19.1. The van der Waals surface area contributed by atoms with E-state index in [1.165, 1.54) is 22.8 Å². The molecule has 4 rings (SSSR count). The van der Waals surface area contributed by atoms with E-state index in [9.17, 15) is 23.2 Å². The van der Waals surface area contributed by atoms with Crippen LogP contribution in [-0.2, 0) is 20.8 Å². The van der Waals surface area contributed by atoms with E-state index in [1.54, 1.807) is 36.4 Å². The number of hydrogen-bond acceptors (Lipinski definition) is 5. The molecule has 0 saturated carbocycles. The normalized spacial score (nSPS) is 20.1. The lowest BCUT2D eigenvalue weighted by Gasteiger charge is -2.15. The molecule has 2 aromatic rings. The average molecular weight is 459 g/mol. The lowest BCUT2D eigenvalue weighted by molar-refractivity contribution is -0.119. The molecule has 174 valence electrons. The number of halogens is 2. The van der Waals surface area contributed by atoms with Crippen LogP contribution < -0.4 is 10.2 Å². The summed E-state index contributed by atoms with van der Waals surface area (Å²) in [5.41, 5.74) is 2.14. The molecular formula is C23H23F2N3O5. The Balaban J connectivity index is 1.42. The molecule has 2 aliphatic rings. The molecule has 2 aliphatic heterocycles. The molecule has 0 bridgehead atoms. The first-order valence-electron chi connectivity index (χ1n) is 10.5. The monoisotopic (exact) mass is 459 g/mol. The molecule has 0 unspecified atom stereocenters. The Morgan fingerprint density at radius 1 is 1.06 bits per heavy atom. The largest absolute Gasteiger partial charge is 0.442 e. The lowest BCUT2D eigenvalue weighted by atomic mass is 10.0. The zero-order valence-corrected chi connectivity index (χ0v) is 17.9. The number of rotatable bonds is 7. The summed E-state index contributed by atoms with van der Waals surface area (Å²) in [5, 5.41) is 2.59. The Morgan fingerprint density at radius 3 is 2.42 bits per heavy atom. The van der Waals surface area contributed by atoms with Gasteiger partial charge in [0.05, 0.1) is 25.3 Å². The van der Waals surface area contributed by atoms with Gasteiger partial charge >= 0.3 is 12.2 Å². The zero-order chi connectivity index (χ0) is 23.5. The van der Waals surface area contributed by atoms with Gasteiger partial charge in [0, 0.05) is 19.0 Å². The Labute approximate surface area is 189 Å². The summed E-state index contributed by atoms with van der Waals surface area (Å²) in [7, 11) is 0. The quantitative estimate of drug-likeness (QED) is 0.687. The van der Waals surface area contributed by atoms with E-state index in [-0.39, 0.29) is 32.1 Å². The van der Waals surface area contributed by atoms with E-state index in [2.05, 4.69) is 5.32 Å². The second kappa shape index (κ2) is 9.43. The number of cyclic esters (lactones) is 2. The summed E-state index contributed by atoms with van der Waals surface area (Å²) in [6, 6.07) is 11.5. The second-order valence-electron chi connectivity index (χ2n) is 7.96. The van der Waals surface area contributed by atoms with Crippen LogP contribution in [0.3, 0.4) is 0 Å². The molecule has 0 aliphatic carbocycles. The number of hydrogen-bond donors (Lipinski definition) is 1. The molecule has 2 aromatic carbocycles. The van der Waals surface area contributed by atoms with Gasteiger partial charge in [-0.25, -0.2) is 18.4 Å². The van der Waals surface area contributed by atoms with Crippen molar-refractivity contribution in [2.75, 3.05) is 31.2 Å². The maximum atomic E-state index is 14.9. The lowest BCUT2D eigenvalue weighted by Crippen LogP contribution is -2.33. The molecule has 2 atom stereocenters. The highest BCUT2D eigenvalue weighted by molar-refractivity contribution is 5.90. The van der Waals surface area contributed by atoms with Crippen LogP contribution in [0.4, 0.5) is 24.1 Å². The minimum Gasteiger partial charge on any atom is -0.442 e. The first-order valence-corrected chi connectivity index (χ1v) is 10.5. The standard InChI is InChI=1S/C23H23F2N3O5/c1-14(29)26-10-19-13-28(23(31)33-19)17-6-7-20(21(25)8-17)16-4-2-15(3-5-16)11-27-12-18(9-24)32-22(27)30/h2-8,18-19H,9-13H2,1H3,(H,26,29)/t18-,19+/m1/s1. The molecule has 2 heterocycles. The first-order chi connectivity index (χ1) is 15.8. The first kappa shape index (κ1) is 22.5. The van der Waals surface area contributed by atoms with Crippen molar-refractivity contribution < 1.29 is 32.6 Å². The summed E-state index contributed by atoms with van der Waals surface area (Å²) in [6.45, 7) is 1.51. The summed E-state index contributed by atoms with van der Waals surface area (Å²) in [6.07, 6.45) is -2.40. The molecule has 0 spiro atoms. The van der Waals surface area contributed by atoms with Crippen molar-refractivity contribution in [2.45, 2.75) is 25.7 Å². The fraction of sp³-hybridized carbons (Fsp3) is 0.348. The summed E-state index contributed by atoms with van der Waals surface area (Å²) in [5.74, 6) is -0.734.